The number of amides is 1. The lowest BCUT2D eigenvalue weighted by atomic mass is 10.0. The number of sulfonamides is 1. The van der Waals surface area contributed by atoms with E-state index in [1.807, 2.05) is 44.2 Å². The predicted octanol–water partition coefficient (Wildman–Crippen LogP) is 1.76. The average molecular weight is 534 g/mol. The van der Waals surface area contributed by atoms with Crippen molar-refractivity contribution in [1.82, 2.24) is 14.5 Å². The van der Waals surface area contributed by atoms with Crippen molar-refractivity contribution in [3.63, 3.8) is 0 Å². The first-order chi connectivity index (χ1) is 17.7. The molecule has 0 aromatic heterocycles. The Morgan fingerprint density at radius 3 is 2.32 bits per heavy atom. The highest BCUT2D eigenvalue weighted by molar-refractivity contribution is 7.89. The van der Waals surface area contributed by atoms with E-state index < -0.39 is 22.2 Å². The Hall–Kier alpha value is -2.50. The third kappa shape index (κ3) is 8.51. The second kappa shape index (κ2) is 13.9. The van der Waals surface area contributed by atoms with Gasteiger partial charge in [0.2, 0.25) is 15.9 Å². The van der Waals surface area contributed by atoms with E-state index in [4.69, 9.17) is 9.47 Å². The number of morpholine rings is 1. The zero-order valence-corrected chi connectivity index (χ0v) is 22.7. The lowest BCUT2D eigenvalue weighted by Crippen LogP contribution is -2.52. The first kappa shape index (κ1) is 29.1. The van der Waals surface area contributed by atoms with Gasteiger partial charge >= 0.3 is 0 Å². The van der Waals surface area contributed by atoms with Gasteiger partial charge in [-0.15, -0.1) is 0 Å². The molecule has 0 saturated carbocycles. The molecule has 37 heavy (non-hydrogen) atoms. The Bertz CT molecular complexity index is 1070. The molecule has 2 aromatic carbocycles. The third-order valence-corrected chi connectivity index (χ3v) is 8.14. The molecule has 1 amide bonds. The zero-order valence-electron chi connectivity index (χ0n) is 21.9. The number of rotatable bonds is 13. The summed E-state index contributed by atoms with van der Waals surface area (Å²) in [6, 6.07) is 15.3. The Labute approximate surface area is 220 Å². The Kier molecular flexibility index (Phi) is 10.9. The lowest BCUT2D eigenvalue weighted by molar-refractivity contribution is -0.134. The molecule has 1 saturated heterocycles. The summed E-state index contributed by atoms with van der Waals surface area (Å²) in [5.74, 6) is 0.536. The normalized spacial score (nSPS) is 16.1. The van der Waals surface area contributed by atoms with Crippen molar-refractivity contribution >= 4 is 15.9 Å². The molecule has 0 bridgehead atoms. The zero-order chi connectivity index (χ0) is 26.8. The maximum Gasteiger partial charge on any atom is 0.243 e. The summed E-state index contributed by atoms with van der Waals surface area (Å²) < 4.78 is 38.9. The highest BCUT2D eigenvalue weighted by Crippen LogP contribution is 2.21. The molecule has 0 aliphatic carbocycles. The summed E-state index contributed by atoms with van der Waals surface area (Å²) in [7, 11) is -2.35. The molecule has 1 fully saturated rings. The fourth-order valence-electron chi connectivity index (χ4n) is 4.27. The fraction of sp³-hybridized carbons (Fsp3) is 0.519. The molecular weight excluding hydrogens is 494 g/mol. The fourth-order valence-corrected chi connectivity index (χ4v) is 5.89. The number of methoxy groups -OCH3 is 1. The molecular formula is C27H39N3O6S. The van der Waals surface area contributed by atoms with Gasteiger partial charge in [-0.3, -0.25) is 4.79 Å². The van der Waals surface area contributed by atoms with Crippen LogP contribution in [0.1, 0.15) is 19.4 Å². The van der Waals surface area contributed by atoms with Gasteiger partial charge in [0.1, 0.15) is 5.75 Å². The summed E-state index contributed by atoms with van der Waals surface area (Å²) in [6.45, 7) is 6.14. The number of carbonyl (C=O) groups excluding carboxylic acids is 1. The van der Waals surface area contributed by atoms with Crippen LogP contribution in [-0.2, 0) is 26.0 Å². The quantitative estimate of drug-likeness (QED) is 0.404. The summed E-state index contributed by atoms with van der Waals surface area (Å²) in [5, 5.41) is 14.5. The molecule has 2 aromatic rings. The molecule has 10 heteroatoms. The van der Waals surface area contributed by atoms with Crippen molar-refractivity contribution in [3.05, 3.63) is 60.2 Å². The van der Waals surface area contributed by atoms with Gasteiger partial charge in [-0.2, -0.15) is 4.31 Å². The molecule has 1 heterocycles. The van der Waals surface area contributed by atoms with Crippen LogP contribution in [0.5, 0.6) is 5.75 Å². The number of benzene rings is 2. The van der Waals surface area contributed by atoms with Crippen LogP contribution in [0.2, 0.25) is 0 Å². The van der Waals surface area contributed by atoms with E-state index in [-0.39, 0.29) is 36.4 Å². The molecule has 2 N–H and O–H groups in total. The number of aliphatic hydroxyl groups is 1. The van der Waals surface area contributed by atoms with Crippen LogP contribution in [0.15, 0.2) is 59.5 Å². The van der Waals surface area contributed by atoms with Crippen LogP contribution >= 0.6 is 0 Å². The number of nitrogens with zero attached hydrogens (tertiary/aromatic N) is 2. The van der Waals surface area contributed by atoms with Crippen LogP contribution in [0, 0.1) is 5.92 Å². The monoisotopic (exact) mass is 533 g/mol. The molecule has 0 unspecified atom stereocenters. The van der Waals surface area contributed by atoms with Gasteiger partial charge in [0.25, 0.3) is 0 Å². The van der Waals surface area contributed by atoms with Crippen LogP contribution in [0.3, 0.4) is 0 Å². The van der Waals surface area contributed by atoms with E-state index in [1.54, 1.807) is 17.0 Å². The molecule has 1 aliphatic rings. The van der Waals surface area contributed by atoms with Crippen LogP contribution in [0.25, 0.3) is 0 Å². The second-order valence-corrected chi connectivity index (χ2v) is 11.6. The van der Waals surface area contributed by atoms with Gasteiger partial charge in [0.05, 0.1) is 37.9 Å². The Morgan fingerprint density at radius 1 is 1.08 bits per heavy atom. The SMILES string of the molecule is COc1ccc(S(=O)(=O)N(CC(C)C)C[C@@H](O)[C@H](Cc2ccccc2)NCC(=O)N2CCOCC2)cc1. The smallest absolute Gasteiger partial charge is 0.243 e. The van der Waals surface area contributed by atoms with Gasteiger partial charge in [-0.1, -0.05) is 44.2 Å². The number of nitrogens with one attached hydrogen (secondary N) is 1. The Morgan fingerprint density at radius 2 is 1.73 bits per heavy atom. The van der Waals surface area contributed by atoms with Gasteiger partial charge in [0.15, 0.2) is 0 Å². The highest BCUT2D eigenvalue weighted by atomic mass is 32.2. The first-order valence-corrected chi connectivity index (χ1v) is 14.1. The maximum atomic E-state index is 13.5. The number of hydrogen-bond donors (Lipinski definition) is 2. The van der Waals surface area contributed by atoms with E-state index >= 15 is 0 Å². The minimum Gasteiger partial charge on any atom is -0.497 e. The first-order valence-electron chi connectivity index (χ1n) is 12.7. The summed E-state index contributed by atoms with van der Waals surface area (Å²) in [6.07, 6.45) is -0.610. The minimum absolute atomic E-state index is 0.0451. The van der Waals surface area contributed by atoms with Gasteiger partial charge in [0, 0.05) is 32.2 Å². The molecule has 1 aliphatic heterocycles. The summed E-state index contributed by atoms with van der Waals surface area (Å²) in [4.78, 5) is 14.6. The van der Waals surface area contributed by atoms with Crippen molar-refractivity contribution in [2.24, 2.45) is 5.92 Å². The predicted molar refractivity (Wildman–Crippen MR) is 142 cm³/mol. The average Bonchev–Trinajstić information content (AvgIpc) is 2.91. The van der Waals surface area contributed by atoms with E-state index in [0.29, 0.717) is 38.5 Å². The van der Waals surface area contributed by atoms with Gasteiger partial charge in [-0.05, 0) is 42.2 Å². The summed E-state index contributed by atoms with van der Waals surface area (Å²) in [5.41, 5.74) is 0.978. The molecule has 204 valence electrons. The largest absolute Gasteiger partial charge is 0.497 e. The maximum absolute atomic E-state index is 13.5. The highest BCUT2D eigenvalue weighted by Gasteiger charge is 2.31. The van der Waals surface area contributed by atoms with Crippen LogP contribution in [0.4, 0.5) is 0 Å². The minimum atomic E-state index is -3.87. The summed E-state index contributed by atoms with van der Waals surface area (Å²) >= 11 is 0. The van der Waals surface area contributed by atoms with E-state index in [9.17, 15) is 18.3 Å². The van der Waals surface area contributed by atoms with Crippen LogP contribution in [-0.4, -0.2) is 93.8 Å². The molecule has 3 rings (SSSR count). The molecule has 0 spiro atoms. The van der Waals surface area contributed by atoms with Gasteiger partial charge < -0.3 is 24.8 Å². The molecule has 2 atom stereocenters. The van der Waals surface area contributed by atoms with Gasteiger partial charge in [-0.25, -0.2) is 8.42 Å². The number of aliphatic hydroxyl groups excluding tert-OH is 1. The molecule has 9 nitrogen and oxygen atoms in total. The topological polar surface area (TPSA) is 108 Å². The number of ether oxygens (including phenoxy) is 2. The van der Waals surface area contributed by atoms with Crippen LogP contribution < -0.4 is 10.1 Å². The number of hydrogen-bond acceptors (Lipinski definition) is 7. The standard InChI is InChI=1S/C27H39N3O6S/c1-21(2)19-30(37(33,34)24-11-9-23(35-3)10-12-24)20-26(31)25(17-22-7-5-4-6-8-22)28-18-27(32)29-13-15-36-16-14-29/h4-12,21,25-26,28,31H,13-20H2,1-3H3/t25-,26+/m0/s1. The molecule has 0 radical (unpaired) electrons. The van der Waals surface area contributed by atoms with Crippen molar-refractivity contribution in [1.29, 1.82) is 0 Å². The van der Waals surface area contributed by atoms with E-state index in [2.05, 4.69) is 5.32 Å². The van der Waals surface area contributed by atoms with Crippen molar-refractivity contribution in [2.45, 2.75) is 37.3 Å². The van der Waals surface area contributed by atoms with E-state index in [0.717, 1.165) is 5.56 Å². The van der Waals surface area contributed by atoms with Crippen molar-refractivity contribution < 1.29 is 27.8 Å². The lowest BCUT2D eigenvalue weighted by Gasteiger charge is -2.32. The van der Waals surface area contributed by atoms with Crippen molar-refractivity contribution in [3.8, 4) is 5.75 Å². The third-order valence-electron chi connectivity index (χ3n) is 6.30. The second-order valence-electron chi connectivity index (χ2n) is 9.63. The van der Waals surface area contributed by atoms with Crippen molar-refractivity contribution in [2.75, 3.05) is 53.0 Å². The number of carbonyl (C=O) groups is 1. The Balaban J connectivity index is 1.78. The van der Waals surface area contributed by atoms with E-state index in [1.165, 1.54) is 23.5 Å².